The number of hydrogen-bond acceptors (Lipinski definition) is 4. The van der Waals surface area contributed by atoms with Gasteiger partial charge in [0.2, 0.25) is 0 Å². The molecular formula is C12H22N2O5. The quantitative estimate of drug-likeness (QED) is 0.635. The zero-order valence-electron chi connectivity index (χ0n) is 11.4. The Morgan fingerprint density at radius 3 is 2.68 bits per heavy atom. The molecule has 0 radical (unpaired) electrons. The number of amides is 2. The molecule has 2 atom stereocenters. The molecule has 1 aliphatic rings. The topological polar surface area (TPSA) is 99.1 Å². The number of carboxylic acid groups (broad SMARTS) is 1. The molecular weight excluding hydrogens is 252 g/mol. The molecule has 0 bridgehead atoms. The number of nitrogens with one attached hydrogen (secondary N) is 1. The van der Waals surface area contributed by atoms with Gasteiger partial charge in [0.25, 0.3) is 0 Å². The Balaban J connectivity index is 2.43. The van der Waals surface area contributed by atoms with Gasteiger partial charge in [-0.3, -0.25) is 0 Å². The van der Waals surface area contributed by atoms with Gasteiger partial charge in [-0.1, -0.05) is 0 Å². The minimum absolute atomic E-state index is 0.0469. The number of likely N-dealkylation sites (N-methyl/N-ethyl adjacent to an activating group) is 1. The number of ether oxygens (including phenoxy) is 1. The molecule has 0 aliphatic carbocycles. The van der Waals surface area contributed by atoms with Crippen LogP contribution in [-0.2, 0) is 9.53 Å². The Morgan fingerprint density at radius 1 is 1.53 bits per heavy atom. The van der Waals surface area contributed by atoms with Crippen LogP contribution >= 0.6 is 0 Å². The average molecular weight is 274 g/mol. The summed E-state index contributed by atoms with van der Waals surface area (Å²) >= 11 is 0. The fourth-order valence-corrected chi connectivity index (χ4v) is 1.82. The minimum Gasteiger partial charge on any atom is -0.479 e. The summed E-state index contributed by atoms with van der Waals surface area (Å²) in [5, 5.41) is 20.7. The van der Waals surface area contributed by atoms with Crippen LogP contribution in [0.5, 0.6) is 0 Å². The van der Waals surface area contributed by atoms with Crippen LogP contribution in [0.3, 0.4) is 0 Å². The van der Waals surface area contributed by atoms with Crippen LogP contribution in [0.15, 0.2) is 0 Å². The molecule has 19 heavy (non-hydrogen) atoms. The van der Waals surface area contributed by atoms with Crippen LogP contribution in [0, 0.1) is 0 Å². The molecule has 0 aromatic carbocycles. The molecule has 0 saturated carbocycles. The zero-order chi connectivity index (χ0) is 14.5. The van der Waals surface area contributed by atoms with Crippen molar-refractivity contribution in [1.29, 1.82) is 0 Å². The maximum absolute atomic E-state index is 11.9. The predicted octanol–water partition coefficient (Wildman–Crippen LogP) is 0.0325. The third kappa shape index (κ3) is 4.68. The van der Waals surface area contributed by atoms with Gasteiger partial charge in [0, 0.05) is 19.7 Å². The van der Waals surface area contributed by atoms with Gasteiger partial charge < -0.3 is 25.2 Å². The van der Waals surface area contributed by atoms with Crippen molar-refractivity contribution in [2.24, 2.45) is 0 Å². The SMILES string of the molecule is CCN(CC1CCCO1)C(=O)NCC(C)(O)C(=O)O. The third-order valence-corrected chi connectivity index (χ3v) is 3.16. The number of rotatable bonds is 6. The lowest BCUT2D eigenvalue weighted by atomic mass is 10.1. The second-order valence-electron chi connectivity index (χ2n) is 4.91. The van der Waals surface area contributed by atoms with Crippen molar-refractivity contribution in [3.05, 3.63) is 0 Å². The summed E-state index contributed by atoms with van der Waals surface area (Å²) in [6, 6.07) is -0.389. The fourth-order valence-electron chi connectivity index (χ4n) is 1.82. The molecule has 2 amide bonds. The van der Waals surface area contributed by atoms with Gasteiger partial charge in [-0.25, -0.2) is 9.59 Å². The van der Waals surface area contributed by atoms with Gasteiger partial charge in [-0.05, 0) is 26.7 Å². The highest BCUT2D eigenvalue weighted by atomic mass is 16.5. The van der Waals surface area contributed by atoms with E-state index in [1.54, 1.807) is 4.90 Å². The second kappa shape index (κ2) is 6.72. The Hall–Kier alpha value is -1.34. The number of nitrogens with zero attached hydrogens (tertiary/aromatic N) is 1. The summed E-state index contributed by atoms with van der Waals surface area (Å²) in [6.07, 6.45) is 1.97. The summed E-state index contributed by atoms with van der Waals surface area (Å²) in [6.45, 7) is 4.36. The first kappa shape index (κ1) is 15.7. The van der Waals surface area contributed by atoms with Crippen LogP contribution in [-0.4, -0.2) is 65.1 Å². The van der Waals surface area contributed by atoms with Gasteiger partial charge in [0.15, 0.2) is 5.60 Å². The van der Waals surface area contributed by atoms with Crippen molar-refractivity contribution in [3.8, 4) is 0 Å². The van der Waals surface area contributed by atoms with Crippen LogP contribution in [0.2, 0.25) is 0 Å². The van der Waals surface area contributed by atoms with Crippen molar-refractivity contribution < 1.29 is 24.5 Å². The van der Waals surface area contributed by atoms with E-state index < -0.39 is 11.6 Å². The lowest BCUT2D eigenvalue weighted by Crippen LogP contribution is -2.51. The molecule has 1 heterocycles. The largest absolute Gasteiger partial charge is 0.479 e. The molecule has 1 fully saturated rings. The van der Waals surface area contributed by atoms with Crippen molar-refractivity contribution >= 4 is 12.0 Å². The van der Waals surface area contributed by atoms with E-state index in [2.05, 4.69) is 5.32 Å². The summed E-state index contributed by atoms with van der Waals surface area (Å²) < 4.78 is 5.45. The summed E-state index contributed by atoms with van der Waals surface area (Å²) in [5.74, 6) is -1.37. The Labute approximate surface area is 112 Å². The van der Waals surface area contributed by atoms with E-state index in [1.165, 1.54) is 0 Å². The summed E-state index contributed by atoms with van der Waals surface area (Å²) in [7, 11) is 0. The highest BCUT2D eigenvalue weighted by Crippen LogP contribution is 2.13. The molecule has 3 N–H and O–H groups in total. The van der Waals surface area contributed by atoms with Crippen LogP contribution in [0.1, 0.15) is 26.7 Å². The zero-order valence-corrected chi connectivity index (χ0v) is 11.4. The summed E-state index contributed by atoms with van der Waals surface area (Å²) in [5.41, 5.74) is -1.96. The van der Waals surface area contributed by atoms with E-state index in [9.17, 15) is 14.7 Å². The number of carbonyl (C=O) groups excluding carboxylic acids is 1. The number of carbonyl (C=O) groups is 2. The minimum atomic E-state index is -1.96. The van der Waals surface area contributed by atoms with E-state index in [4.69, 9.17) is 9.84 Å². The normalized spacial score (nSPS) is 21.7. The molecule has 0 spiro atoms. The molecule has 1 rings (SSSR count). The average Bonchev–Trinajstić information content (AvgIpc) is 2.85. The number of hydrogen-bond donors (Lipinski definition) is 3. The monoisotopic (exact) mass is 274 g/mol. The maximum atomic E-state index is 11.9. The van der Waals surface area contributed by atoms with E-state index in [-0.39, 0.29) is 18.7 Å². The second-order valence-corrected chi connectivity index (χ2v) is 4.91. The predicted molar refractivity (Wildman–Crippen MR) is 67.9 cm³/mol. The van der Waals surface area contributed by atoms with E-state index in [0.29, 0.717) is 13.1 Å². The Kier molecular flexibility index (Phi) is 5.56. The molecule has 110 valence electrons. The number of aliphatic hydroxyl groups is 1. The van der Waals surface area contributed by atoms with Crippen molar-refractivity contribution in [1.82, 2.24) is 10.2 Å². The fraction of sp³-hybridized carbons (Fsp3) is 0.833. The molecule has 1 saturated heterocycles. The first-order chi connectivity index (χ1) is 8.86. The Morgan fingerprint density at radius 2 is 2.21 bits per heavy atom. The maximum Gasteiger partial charge on any atom is 0.337 e. The lowest BCUT2D eigenvalue weighted by Gasteiger charge is -2.26. The first-order valence-electron chi connectivity index (χ1n) is 6.47. The first-order valence-corrected chi connectivity index (χ1v) is 6.47. The van der Waals surface area contributed by atoms with Crippen LogP contribution in [0.4, 0.5) is 4.79 Å². The molecule has 7 heteroatoms. The van der Waals surface area contributed by atoms with Gasteiger partial charge >= 0.3 is 12.0 Å². The van der Waals surface area contributed by atoms with Gasteiger partial charge in [0.05, 0.1) is 12.6 Å². The highest BCUT2D eigenvalue weighted by Gasteiger charge is 2.31. The molecule has 0 aromatic rings. The molecule has 1 aliphatic heterocycles. The van der Waals surface area contributed by atoms with Crippen LogP contribution in [0.25, 0.3) is 0 Å². The van der Waals surface area contributed by atoms with Gasteiger partial charge in [-0.2, -0.15) is 0 Å². The van der Waals surface area contributed by atoms with E-state index in [1.807, 2.05) is 6.92 Å². The molecule has 2 unspecified atom stereocenters. The van der Waals surface area contributed by atoms with Gasteiger partial charge in [-0.15, -0.1) is 0 Å². The number of aliphatic carboxylic acids is 1. The van der Waals surface area contributed by atoms with Crippen LogP contribution < -0.4 is 5.32 Å². The smallest absolute Gasteiger partial charge is 0.337 e. The number of carboxylic acids is 1. The standard InChI is InChI=1S/C12H22N2O5/c1-3-14(7-9-5-4-6-19-9)11(17)13-8-12(2,18)10(15)16/h9,18H,3-8H2,1-2H3,(H,13,17)(H,15,16). The summed E-state index contributed by atoms with van der Waals surface area (Å²) in [4.78, 5) is 24.2. The highest BCUT2D eigenvalue weighted by molar-refractivity contribution is 5.79. The number of urea groups is 1. The van der Waals surface area contributed by atoms with Gasteiger partial charge in [0.1, 0.15) is 0 Å². The third-order valence-electron chi connectivity index (χ3n) is 3.16. The van der Waals surface area contributed by atoms with Crippen molar-refractivity contribution in [2.45, 2.75) is 38.4 Å². The van der Waals surface area contributed by atoms with E-state index in [0.717, 1.165) is 26.4 Å². The van der Waals surface area contributed by atoms with Crippen molar-refractivity contribution in [3.63, 3.8) is 0 Å². The molecule has 7 nitrogen and oxygen atoms in total. The Bertz CT molecular complexity index is 326. The lowest BCUT2D eigenvalue weighted by molar-refractivity contribution is -0.155. The molecule has 0 aromatic heterocycles. The van der Waals surface area contributed by atoms with E-state index >= 15 is 0 Å². The van der Waals surface area contributed by atoms with Crippen molar-refractivity contribution in [2.75, 3.05) is 26.2 Å².